The summed E-state index contributed by atoms with van der Waals surface area (Å²) in [6, 6.07) is 15.6. The third-order valence-corrected chi connectivity index (χ3v) is 4.15. The van der Waals surface area contributed by atoms with Crippen molar-refractivity contribution < 1.29 is 74.6 Å². The van der Waals surface area contributed by atoms with Crippen LogP contribution < -0.4 is 5.56 Å². The number of aryl methyl sites for hydroxylation is 1. The molecule has 0 saturated carbocycles. The molecule has 0 fully saturated rings. The van der Waals surface area contributed by atoms with Gasteiger partial charge in [-0.25, -0.2) is 0 Å². The second kappa shape index (κ2) is 8.90. The summed E-state index contributed by atoms with van der Waals surface area (Å²) in [5.74, 6) is -0.923. The largest absolute Gasteiger partial charge is 0.506 e. The van der Waals surface area contributed by atoms with E-state index < -0.39 is 11.3 Å². The molecule has 1 radical (unpaired) electrons. The standard InChI is InChI=1S/C19H13NO4.Eu.2H2O/c1-20-13-8-4-3-7-12(13)17(21)16(19(20)23)18(22)15-10-11-6-2-5-9-14(11)24-15;;;/h2-10,21H,1H3;;2*1H2. The van der Waals surface area contributed by atoms with Crippen molar-refractivity contribution in [2.75, 3.05) is 0 Å². The van der Waals surface area contributed by atoms with Gasteiger partial charge in [-0.05, 0) is 24.3 Å². The van der Waals surface area contributed by atoms with Gasteiger partial charge in [-0.1, -0.05) is 30.3 Å². The Morgan fingerprint density at radius 2 is 1.67 bits per heavy atom. The first-order chi connectivity index (χ1) is 11.6. The average molecular weight is 507 g/mol. The molecule has 0 atom stereocenters. The number of aromatic hydroxyl groups is 1. The number of nitrogens with zero attached hydrogens (tertiary/aromatic N) is 1. The van der Waals surface area contributed by atoms with Gasteiger partial charge in [-0.15, -0.1) is 0 Å². The molecule has 27 heavy (non-hydrogen) atoms. The molecule has 0 unspecified atom stereocenters. The van der Waals surface area contributed by atoms with Gasteiger partial charge in [0.05, 0.1) is 5.52 Å². The quantitative estimate of drug-likeness (QED) is 0.412. The topological polar surface area (TPSA) is 135 Å². The van der Waals surface area contributed by atoms with Crippen LogP contribution in [-0.2, 0) is 7.05 Å². The zero-order valence-electron chi connectivity index (χ0n) is 14.2. The zero-order valence-corrected chi connectivity index (χ0v) is 16.6. The van der Waals surface area contributed by atoms with Gasteiger partial charge < -0.3 is 25.0 Å². The second-order valence-corrected chi connectivity index (χ2v) is 5.58. The van der Waals surface area contributed by atoms with E-state index in [-0.39, 0.29) is 77.4 Å². The van der Waals surface area contributed by atoms with Crippen LogP contribution in [0.4, 0.5) is 0 Å². The number of pyridine rings is 1. The molecular weight excluding hydrogens is 490 g/mol. The van der Waals surface area contributed by atoms with E-state index >= 15 is 0 Å². The van der Waals surface area contributed by atoms with Crippen LogP contribution in [0.15, 0.2) is 63.8 Å². The molecular formula is C19H17EuNO6. The number of ketones is 1. The van der Waals surface area contributed by atoms with E-state index in [1.807, 2.05) is 12.1 Å². The van der Waals surface area contributed by atoms with Crippen molar-refractivity contribution in [2.24, 2.45) is 7.05 Å². The molecule has 0 spiro atoms. The molecule has 0 bridgehead atoms. The molecule has 2 heterocycles. The van der Waals surface area contributed by atoms with Gasteiger partial charge in [0, 0.05) is 67.2 Å². The molecule has 2 aromatic heterocycles. The Kier molecular flexibility index (Phi) is 7.65. The Morgan fingerprint density at radius 1 is 1.04 bits per heavy atom. The summed E-state index contributed by atoms with van der Waals surface area (Å²) in [5, 5.41) is 11.7. The maximum atomic E-state index is 12.8. The fourth-order valence-electron chi connectivity index (χ4n) is 2.90. The molecule has 0 aliphatic rings. The predicted molar refractivity (Wildman–Crippen MR) is 97.7 cm³/mol. The van der Waals surface area contributed by atoms with Gasteiger partial charge in [0.15, 0.2) is 5.76 Å². The molecule has 0 aliphatic heterocycles. The first kappa shape index (κ1) is 23.2. The van der Waals surface area contributed by atoms with Crippen LogP contribution in [0.25, 0.3) is 21.9 Å². The molecule has 141 valence electrons. The number of benzene rings is 2. The smallest absolute Gasteiger partial charge is 0.265 e. The van der Waals surface area contributed by atoms with Crippen molar-refractivity contribution in [3.63, 3.8) is 0 Å². The summed E-state index contributed by atoms with van der Waals surface area (Å²) in [6.07, 6.45) is 0. The Balaban J connectivity index is 0.00000121. The molecule has 0 aliphatic carbocycles. The van der Waals surface area contributed by atoms with Crippen molar-refractivity contribution in [1.29, 1.82) is 0 Å². The van der Waals surface area contributed by atoms with Crippen molar-refractivity contribution in [3.8, 4) is 5.75 Å². The Labute approximate surface area is 194 Å². The van der Waals surface area contributed by atoms with Crippen LogP contribution in [0.1, 0.15) is 16.1 Å². The Hall–Kier alpha value is -1.84. The molecule has 5 N–H and O–H groups in total. The number of carbonyl (C=O) groups is 1. The third-order valence-electron chi connectivity index (χ3n) is 4.15. The van der Waals surface area contributed by atoms with Crippen LogP contribution in [0.3, 0.4) is 0 Å². The van der Waals surface area contributed by atoms with Crippen LogP contribution in [0.2, 0.25) is 0 Å². The van der Waals surface area contributed by atoms with Crippen LogP contribution in [0, 0.1) is 49.4 Å². The maximum absolute atomic E-state index is 12.8. The number of hydrogen-bond donors (Lipinski definition) is 1. The molecule has 0 amide bonds. The summed E-state index contributed by atoms with van der Waals surface area (Å²) in [7, 11) is 1.57. The number of carbonyl (C=O) groups excluding carboxylic acids is 1. The maximum Gasteiger partial charge on any atom is 0.265 e. The monoisotopic (exact) mass is 508 g/mol. The normalized spacial score (nSPS) is 9.96. The predicted octanol–water partition coefficient (Wildman–Crippen LogP) is 1.57. The molecule has 4 rings (SSSR count). The van der Waals surface area contributed by atoms with Gasteiger partial charge in [0.25, 0.3) is 5.56 Å². The fraction of sp³-hybridized carbons (Fsp3) is 0.0526. The minimum absolute atomic E-state index is 0. The first-order valence-corrected chi connectivity index (χ1v) is 7.42. The third kappa shape index (κ3) is 3.76. The van der Waals surface area contributed by atoms with Gasteiger partial charge in [0.1, 0.15) is 16.9 Å². The van der Waals surface area contributed by atoms with Crippen LogP contribution in [0.5, 0.6) is 5.75 Å². The zero-order chi connectivity index (χ0) is 16.8. The Morgan fingerprint density at radius 3 is 2.37 bits per heavy atom. The van der Waals surface area contributed by atoms with E-state index in [0.29, 0.717) is 16.5 Å². The number of rotatable bonds is 2. The second-order valence-electron chi connectivity index (χ2n) is 5.58. The van der Waals surface area contributed by atoms with E-state index in [2.05, 4.69) is 0 Å². The van der Waals surface area contributed by atoms with E-state index in [4.69, 9.17) is 4.42 Å². The minimum Gasteiger partial charge on any atom is -0.506 e. The minimum atomic E-state index is -0.630. The van der Waals surface area contributed by atoms with Gasteiger partial charge >= 0.3 is 0 Å². The molecule has 0 saturated heterocycles. The van der Waals surface area contributed by atoms with Crippen molar-refractivity contribution in [1.82, 2.24) is 4.57 Å². The van der Waals surface area contributed by atoms with Crippen LogP contribution >= 0.6 is 0 Å². The summed E-state index contributed by atoms with van der Waals surface area (Å²) >= 11 is 0. The van der Waals surface area contributed by atoms with Crippen LogP contribution in [-0.4, -0.2) is 26.4 Å². The fourth-order valence-corrected chi connectivity index (χ4v) is 2.90. The van der Waals surface area contributed by atoms with E-state index in [9.17, 15) is 14.7 Å². The molecule has 8 heteroatoms. The number of hydrogen-bond acceptors (Lipinski definition) is 4. The molecule has 2 aromatic carbocycles. The summed E-state index contributed by atoms with van der Waals surface area (Å²) in [5.41, 5.74) is 0.269. The van der Waals surface area contributed by atoms with E-state index in [1.165, 1.54) is 4.57 Å². The average Bonchev–Trinajstić information content (AvgIpc) is 3.04. The van der Waals surface area contributed by atoms with Gasteiger partial charge in [-0.2, -0.15) is 0 Å². The molecule has 4 aromatic rings. The first-order valence-electron chi connectivity index (χ1n) is 7.42. The van der Waals surface area contributed by atoms with E-state index in [1.54, 1.807) is 49.5 Å². The summed E-state index contributed by atoms with van der Waals surface area (Å²) in [4.78, 5) is 25.4. The number of aromatic nitrogens is 1. The Bertz CT molecular complexity index is 1140. The molecule has 7 nitrogen and oxygen atoms in total. The van der Waals surface area contributed by atoms with Crippen molar-refractivity contribution >= 4 is 27.7 Å². The number of fused-ring (bicyclic) bond motifs is 2. The van der Waals surface area contributed by atoms with Crippen molar-refractivity contribution in [2.45, 2.75) is 0 Å². The number of para-hydroxylation sites is 2. The van der Waals surface area contributed by atoms with Gasteiger partial charge in [-0.3, -0.25) is 9.59 Å². The summed E-state index contributed by atoms with van der Waals surface area (Å²) < 4.78 is 6.89. The van der Waals surface area contributed by atoms with Gasteiger partial charge in [0.2, 0.25) is 5.78 Å². The number of furan rings is 1. The SMILES string of the molecule is Cn1c(=O)c(C(=O)c2cc3ccccc3o2)c(O)c2ccccc21.O.O.[Eu]. The summed E-state index contributed by atoms with van der Waals surface area (Å²) in [6.45, 7) is 0. The van der Waals surface area contributed by atoms with Crippen molar-refractivity contribution in [3.05, 3.63) is 76.3 Å². The van der Waals surface area contributed by atoms with E-state index in [0.717, 1.165) is 5.39 Å².